The topological polar surface area (TPSA) is 84.2 Å². The Kier molecular flexibility index (Phi) is 5.42. The fourth-order valence-electron chi connectivity index (χ4n) is 1.52. The van der Waals surface area contributed by atoms with Crippen molar-refractivity contribution < 1.29 is 18.4 Å². The van der Waals surface area contributed by atoms with Crippen molar-refractivity contribution in [1.82, 2.24) is 10.6 Å². The fourth-order valence-corrected chi connectivity index (χ4v) is 1.52. The fraction of sp³-hybridized carbons (Fsp3) is 0.385. The highest BCUT2D eigenvalue weighted by molar-refractivity contribution is 5.95. The van der Waals surface area contributed by atoms with Gasteiger partial charge in [0.25, 0.3) is 5.91 Å². The predicted molar refractivity (Wildman–Crippen MR) is 71.0 cm³/mol. The van der Waals surface area contributed by atoms with Crippen LogP contribution in [0, 0.1) is 11.6 Å². The van der Waals surface area contributed by atoms with Crippen molar-refractivity contribution in [2.45, 2.75) is 26.3 Å². The number of benzene rings is 1. The van der Waals surface area contributed by atoms with Crippen LogP contribution in [0.15, 0.2) is 12.1 Å². The Morgan fingerprint density at radius 1 is 1.25 bits per heavy atom. The Bertz CT molecular complexity index is 519. The minimum Gasteiger partial charge on any atom is -0.396 e. The smallest absolute Gasteiger partial charge is 0.254 e. The number of halogens is 2. The zero-order valence-electron chi connectivity index (χ0n) is 11.3. The van der Waals surface area contributed by atoms with Crippen molar-refractivity contribution in [1.29, 1.82) is 0 Å². The lowest BCUT2D eigenvalue weighted by atomic mass is 10.1. The molecule has 20 heavy (non-hydrogen) atoms. The average molecular weight is 285 g/mol. The number of anilines is 1. The van der Waals surface area contributed by atoms with E-state index in [0.29, 0.717) is 6.07 Å². The maximum Gasteiger partial charge on any atom is 0.254 e. The molecular weight excluding hydrogens is 268 g/mol. The summed E-state index contributed by atoms with van der Waals surface area (Å²) in [5.74, 6) is -2.89. The van der Waals surface area contributed by atoms with E-state index in [-0.39, 0.29) is 36.2 Å². The third kappa shape index (κ3) is 4.49. The quantitative estimate of drug-likeness (QED) is 0.711. The molecular formula is C13H17F2N3O2. The molecule has 0 saturated heterocycles. The van der Waals surface area contributed by atoms with Crippen LogP contribution in [0.4, 0.5) is 14.5 Å². The largest absolute Gasteiger partial charge is 0.396 e. The van der Waals surface area contributed by atoms with E-state index in [0.717, 1.165) is 6.07 Å². The number of nitrogens with two attached hydrogens (primary N) is 1. The maximum absolute atomic E-state index is 13.4. The van der Waals surface area contributed by atoms with Crippen LogP contribution in [-0.4, -0.2) is 24.4 Å². The first kappa shape index (κ1) is 15.9. The van der Waals surface area contributed by atoms with E-state index in [1.165, 1.54) is 0 Å². The lowest BCUT2D eigenvalue weighted by molar-refractivity contribution is -0.121. The molecule has 0 heterocycles. The van der Waals surface area contributed by atoms with Crippen LogP contribution < -0.4 is 16.4 Å². The predicted octanol–water partition coefficient (Wildman–Crippen LogP) is 1.19. The lowest BCUT2D eigenvalue weighted by Crippen LogP contribution is -2.34. The lowest BCUT2D eigenvalue weighted by Gasteiger charge is -2.09. The van der Waals surface area contributed by atoms with Crippen molar-refractivity contribution in [3.05, 3.63) is 29.3 Å². The molecule has 0 saturated carbocycles. The minimum absolute atomic E-state index is 0.00698. The van der Waals surface area contributed by atoms with Gasteiger partial charge in [0.15, 0.2) is 0 Å². The first-order valence-electron chi connectivity index (χ1n) is 6.13. The standard InChI is InChI=1S/C13H17F2N3O2/c1-7(2)18-12(19)3-4-17-13(20)8-5-11(16)10(15)6-9(8)14/h5-7H,3-4,16H2,1-2H3,(H,17,20)(H,18,19). The van der Waals surface area contributed by atoms with E-state index in [1.54, 1.807) is 0 Å². The molecule has 0 radical (unpaired) electrons. The number of nitrogens with one attached hydrogen (secondary N) is 2. The van der Waals surface area contributed by atoms with Gasteiger partial charge >= 0.3 is 0 Å². The molecule has 0 aromatic heterocycles. The monoisotopic (exact) mass is 285 g/mol. The van der Waals surface area contributed by atoms with Crippen molar-refractivity contribution in [3.8, 4) is 0 Å². The Balaban J connectivity index is 2.56. The number of hydrogen-bond acceptors (Lipinski definition) is 3. The third-order valence-electron chi connectivity index (χ3n) is 2.42. The summed E-state index contributed by atoms with van der Waals surface area (Å²) in [4.78, 5) is 23.0. The van der Waals surface area contributed by atoms with Crippen LogP contribution in [0.2, 0.25) is 0 Å². The molecule has 0 bridgehead atoms. The van der Waals surface area contributed by atoms with Crippen LogP contribution >= 0.6 is 0 Å². The molecule has 1 aromatic rings. The minimum atomic E-state index is -0.999. The molecule has 1 aromatic carbocycles. The van der Waals surface area contributed by atoms with E-state index in [4.69, 9.17) is 5.73 Å². The zero-order valence-corrected chi connectivity index (χ0v) is 11.3. The number of hydrogen-bond donors (Lipinski definition) is 3. The highest BCUT2D eigenvalue weighted by atomic mass is 19.1. The van der Waals surface area contributed by atoms with Gasteiger partial charge in [-0.25, -0.2) is 8.78 Å². The van der Waals surface area contributed by atoms with Gasteiger partial charge < -0.3 is 16.4 Å². The second-order valence-corrected chi connectivity index (χ2v) is 4.58. The normalized spacial score (nSPS) is 10.4. The van der Waals surface area contributed by atoms with Crippen molar-refractivity contribution >= 4 is 17.5 Å². The molecule has 0 spiro atoms. The maximum atomic E-state index is 13.4. The molecule has 0 unspecified atom stereocenters. The molecule has 1 rings (SSSR count). The van der Waals surface area contributed by atoms with Gasteiger partial charge in [-0.15, -0.1) is 0 Å². The Morgan fingerprint density at radius 3 is 2.50 bits per heavy atom. The number of rotatable bonds is 5. The van der Waals surface area contributed by atoms with Gasteiger partial charge in [-0.05, 0) is 19.9 Å². The zero-order chi connectivity index (χ0) is 15.3. The Morgan fingerprint density at radius 2 is 1.90 bits per heavy atom. The van der Waals surface area contributed by atoms with Crippen LogP contribution in [0.3, 0.4) is 0 Å². The molecule has 5 nitrogen and oxygen atoms in total. The number of amides is 2. The van der Waals surface area contributed by atoms with Crippen molar-refractivity contribution in [2.75, 3.05) is 12.3 Å². The van der Waals surface area contributed by atoms with Gasteiger partial charge in [0.1, 0.15) is 11.6 Å². The van der Waals surface area contributed by atoms with E-state index in [1.807, 2.05) is 13.8 Å². The molecule has 4 N–H and O–H groups in total. The van der Waals surface area contributed by atoms with Gasteiger partial charge in [-0.2, -0.15) is 0 Å². The molecule has 2 amide bonds. The van der Waals surface area contributed by atoms with Gasteiger partial charge in [-0.3, -0.25) is 9.59 Å². The van der Waals surface area contributed by atoms with E-state index >= 15 is 0 Å². The second-order valence-electron chi connectivity index (χ2n) is 4.58. The second kappa shape index (κ2) is 6.83. The SMILES string of the molecule is CC(C)NC(=O)CCNC(=O)c1cc(N)c(F)cc1F. The van der Waals surface area contributed by atoms with Crippen LogP contribution in [0.5, 0.6) is 0 Å². The van der Waals surface area contributed by atoms with Gasteiger partial charge in [0.2, 0.25) is 5.91 Å². The number of carbonyl (C=O) groups is 2. The van der Waals surface area contributed by atoms with Gasteiger partial charge in [0, 0.05) is 25.1 Å². The van der Waals surface area contributed by atoms with Crippen molar-refractivity contribution in [2.24, 2.45) is 0 Å². The molecule has 0 aliphatic heterocycles. The average Bonchev–Trinajstić information content (AvgIpc) is 2.32. The molecule has 0 aliphatic rings. The molecule has 0 atom stereocenters. The van der Waals surface area contributed by atoms with Gasteiger partial charge in [-0.1, -0.05) is 0 Å². The molecule has 110 valence electrons. The van der Waals surface area contributed by atoms with Gasteiger partial charge in [0.05, 0.1) is 11.3 Å². The summed E-state index contributed by atoms with van der Waals surface area (Å²) in [6.45, 7) is 3.68. The Labute approximate surface area is 115 Å². The van der Waals surface area contributed by atoms with E-state index in [2.05, 4.69) is 10.6 Å². The van der Waals surface area contributed by atoms with Crippen LogP contribution in [-0.2, 0) is 4.79 Å². The van der Waals surface area contributed by atoms with E-state index in [9.17, 15) is 18.4 Å². The highest BCUT2D eigenvalue weighted by Crippen LogP contribution is 2.16. The van der Waals surface area contributed by atoms with Crippen LogP contribution in [0.25, 0.3) is 0 Å². The van der Waals surface area contributed by atoms with Crippen LogP contribution in [0.1, 0.15) is 30.6 Å². The molecule has 0 fully saturated rings. The first-order valence-corrected chi connectivity index (χ1v) is 6.13. The highest BCUT2D eigenvalue weighted by Gasteiger charge is 2.15. The Hall–Kier alpha value is -2.18. The molecule has 7 heteroatoms. The summed E-state index contributed by atoms with van der Waals surface area (Å²) in [7, 11) is 0. The summed E-state index contributed by atoms with van der Waals surface area (Å²) in [6, 6.07) is 1.48. The number of carbonyl (C=O) groups excluding carboxylic acids is 2. The van der Waals surface area contributed by atoms with Crippen molar-refractivity contribution in [3.63, 3.8) is 0 Å². The summed E-state index contributed by atoms with van der Waals surface area (Å²) in [5, 5.41) is 5.02. The third-order valence-corrected chi connectivity index (χ3v) is 2.42. The summed E-state index contributed by atoms with van der Waals surface area (Å²) in [5.41, 5.74) is 4.61. The summed E-state index contributed by atoms with van der Waals surface area (Å²) < 4.78 is 26.4. The van der Waals surface area contributed by atoms with E-state index < -0.39 is 17.5 Å². The number of nitrogen functional groups attached to an aromatic ring is 1. The first-order chi connectivity index (χ1) is 9.31. The summed E-state index contributed by atoms with van der Waals surface area (Å²) >= 11 is 0. The summed E-state index contributed by atoms with van der Waals surface area (Å²) in [6.07, 6.45) is 0.0716. The molecule has 0 aliphatic carbocycles.